The number of carboxylic acids is 1. The van der Waals surface area contributed by atoms with Gasteiger partial charge in [0.1, 0.15) is 17.5 Å². The normalized spacial score (nSPS) is 27.7. The zero-order chi connectivity index (χ0) is 19.1. The van der Waals surface area contributed by atoms with E-state index >= 15 is 0 Å². The van der Waals surface area contributed by atoms with Crippen LogP contribution < -0.4 is 5.32 Å². The molecule has 1 aromatic rings. The van der Waals surface area contributed by atoms with E-state index in [-0.39, 0.29) is 5.91 Å². The van der Waals surface area contributed by atoms with E-state index in [0.29, 0.717) is 5.56 Å². The van der Waals surface area contributed by atoms with Crippen molar-refractivity contribution < 1.29 is 19.5 Å². The molecule has 0 radical (unpaired) electrons. The zero-order valence-corrected chi connectivity index (χ0v) is 15.4. The minimum Gasteiger partial charge on any atom is -0.480 e. The molecule has 2 aliphatic heterocycles. The van der Waals surface area contributed by atoms with E-state index in [1.54, 1.807) is 38.1 Å². The fourth-order valence-corrected chi connectivity index (χ4v) is 5.02. The number of fused-ring (bicyclic) bond motifs is 1. The quantitative estimate of drug-likeness (QED) is 0.597. The van der Waals surface area contributed by atoms with E-state index in [9.17, 15) is 19.5 Å². The van der Waals surface area contributed by atoms with Crippen LogP contribution in [0.5, 0.6) is 0 Å². The van der Waals surface area contributed by atoms with Crippen molar-refractivity contribution >= 4 is 29.5 Å². The van der Waals surface area contributed by atoms with Gasteiger partial charge in [0.2, 0.25) is 5.91 Å². The van der Waals surface area contributed by atoms with Crippen LogP contribution in [-0.2, 0) is 14.4 Å². The summed E-state index contributed by atoms with van der Waals surface area (Å²) in [5, 5.41) is 19.5. The molecule has 0 aliphatic carbocycles. The van der Waals surface area contributed by atoms with Gasteiger partial charge in [-0.1, -0.05) is 30.3 Å². The summed E-state index contributed by atoms with van der Waals surface area (Å²) in [4.78, 5) is 38.0. The first-order valence-corrected chi connectivity index (χ1v) is 9.03. The molecule has 2 saturated heterocycles. The predicted octanol–water partition coefficient (Wildman–Crippen LogP) is 1.44. The fraction of sp³-hybridized carbons (Fsp3) is 0.471. The van der Waals surface area contributed by atoms with Crippen LogP contribution in [0.4, 0.5) is 0 Å². The number of hydrogen-bond acceptors (Lipinski definition) is 6. The molecule has 1 unspecified atom stereocenters. The molecule has 138 valence electrons. The Labute approximate surface area is 155 Å². The number of carbonyl (C=O) groups is 3. The summed E-state index contributed by atoms with van der Waals surface area (Å²) in [6.07, 6.45) is 0. The van der Waals surface area contributed by atoms with Crippen molar-refractivity contribution in [2.24, 2.45) is 10.2 Å². The Hall–Kier alpha value is -2.42. The lowest BCUT2D eigenvalue weighted by atomic mass is 9.95. The maximum Gasteiger partial charge on any atom is 0.327 e. The van der Waals surface area contributed by atoms with E-state index in [1.807, 2.05) is 6.07 Å². The second-order valence-electron chi connectivity index (χ2n) is 6.71. The molecule has 0 bridgehead atoms. The average Bonchev–Trinajstić information content (AvgIpc) is 2.86. The van der Waals surface area contributed by atoms with Crippen LogP contribution in [0.15, 0.2) is 40.6 Å². The van der Waals surface area contributed by atoms with Gasteiger partial charge in [0, 0.05) is 11.8 Å². The average molecular weight is 376 g/mol. The number of hydrogen-bond donors (Lipinski definition) is 2. The molecule has 1 aromatic carbocycles. The number of rotatable bonds is 5. The highest BCUT2D eigenvalue weighted by atomic mass is 32.2. The Morgan fingerprint density at radius 1 is 1.31 bits per heavy atom. The third kappa shape index (κ3) is 2.96. The van der Waals surface area contributed by atoms with Crippen molar-refractivity contribution in [1.82, 2.24) is 10.2 Å². The highest BCUT2D eigenvalue weighted by Gasteiger charge is 2.64. The SMILES string of the molecule is CN=NC(C(=O)N[C@@H]1C(=O)N2[C@@H]1SC(C)(C)[C@@H]2C(=O)O)c1ccccc1. The number of azo groups is 1. The Balaban J connectivity index is 1.77. The van der Waals surface area contributed by atoms with Crippen molar-refractivity contribution in [2.75, 3.05) is 7.05 Å². The number of carbonyl (C=O) groups excluding carboxylic acids is 2. The first-order valence-electron chi connectivity index (χ1n) is 8.15. The Morgan fingerprint density at radius 3 is 2.54 bits per heavy atom. The van der Waals surface area contributed by atoms with Crippen molar-refractivity contribution in [3.8, 4) is 0 Å². The second kappa shape index (κ2) is 6.71. The number of thioether (sulfide) groups is 1. The first kappa shape index (κ1) is 18.4. The van der Waals surface area contributed by atoms with Gasteiger partial charge >= 0.3 is 5.97 Å². The number of carboxylic acid groups (broad SMARTS) is 1. The number of amides is 2. The predicted molar refractivity (Wildman–Crippen MR) is 95.6 cm³/mol. The molecule has 0 saturated carbocycles. The summed E-state index contributed by atoms with van der Waals surface area (Å²) in [6.45, 7) is 3.58. The molecule has 3 rings (SSSR count). The molecule has 2 heterocycles. The van der Waals surface area contributed by atoms with Crippen LogP contribution >= 0.6 is 11.8 Å². The molecule has 0 spiro atoms. The van der Waals surface area contributed by atoms with Crippen LogP contribution in [0.1, 0.15) is 25.5 Å². The van der Waals surface area contributed by atoms with Crippen LogP contribution in [-0.4, -0.2) is 57.0 Å². The summed E-state index contributed by atoms with van der Waals surface area (Å²) in [7, 11) is 1.48. The summed E-state index contributed by atoms with van der Waals surface area (Å²) in [5.74, 6) is -1.85. The third-order valence-electron chi connectivity index (χ3n) is 4.57. The van der Waals surface area contributed by atoms with Gasteiger partial charge in [0.15, 0.2) is 6.04 Å². The number of nitrogens with one attached hydrogen (secondary N) is 1. The first-order chi connectivity index (χ1) is 12.3. The lowest BCUT2D eigenvalue weighted by Crippen LogP contribution is -2.70. The van der Waals surface area contributed by atoms with E-state index < -0.39 is 40.1 Å². The van der Waals surface area contributed by atoms with E-state index in [1.165, 1.54) is 23.7 Å². The van der Waals surface area contributed by atoms with Crippen molar-refractivity contribution in [3.05, 3.63) is 35.9 Å². The highest BCUT2D eigenvalue weighted by Crippen LogP contribution is 2.50. The zero-order valence-electron chi connectivity index (χ0n) is 14.6. The number of nitrogens with zero attached hydrogens (tertiary/aromatic N) is 3. The molecule has 2 amide bonds. The molecule has 9 heteroatoms. The Bertz CT molecular complexity index is 767. The monoisotopic (exact) mass is 376 g/mol. The van der Waals surface area contributed by atoms with Crippen molar-refractivity contribution in [2.45, 2.75) is 42.1 Å². The summed E-state index contributed by atoms with van der Waals surface area (Å²) >= 11 is 1.38. The number of benzene rings is 1. The number of β-lactam (4-membered cyclic amide) rings is 1. The summed E-state index contributed by atoms with van der Waals surface area (Å²) in [5.41, 5.74) is 0.669. The minimum atomic E-state index is -1.04. The maximum absolute atomic E-state index is 12.7. The molecule has 0 aromatic heterocycles. The van der Waals surface area contributed by atoms with Gasteiger partial charge in [-0.3, -0.25) is 9.59 Å². The number of aliphatic carboxylic acids is 1. The van der Waals surface area contributed by atoms with Crippen LogP contribution in [0.2, 0.25) is 0 Å². The Kier molecular flexibility index (Phi) is 4.74. The van der Waals surface area contributed by atoms with Gasteiger partial charge in [0.05, 0.1) is 0 Å². The molecular formula is C17H20N4O4S. The van der Waals surface area contributed by atoms with Crippen LogP contribution in [0.25, 0.3) is 0 Å². The van der Waals surface area contributed by atoms with Gasteiger partial charge in [-0.15, -0.1) is 11.8 Å². The van der Waals surface area contributed by atoms with E-state index in [0.717, 1.165) is 0 Å². The van der Waals surface area contributed by atoms with Crippen molar-refractivity contribution in [1.29, 1.82) is 0 Å². The largest absolute Gasteiger partial charge is 0.480 e. The second-order valence-corrected chi connectivity index (χ2v) is 8.48. The van der Waals surface area contributed by atoms with Gasteiger partial charge in [0.25, 0.3) is 5.91 Å². The topological polar surface area (TPSA) is 111 Å². The van der Waals surface area contributed by atoms with Gasteiger partial charge < -0.3 is 15.3 Å². The minimum absolute atomic E-state index is 0.380. The van der Waals surface area contributed by atoms with E-state index in [4.69, 9.17) is 0 Å². The third-order valence-corrected chi connectivity index (χ3v) is 6.14. The molecule has 4 atom stereocenters. The van der Waals surface area contributed by atoms with Crippen molar-refractivity contribution in [3.63, 3.8) is 0 Å². The van der Waals surface area contributed by atoms with Crippen LogP contribution in [0, 0.1) is 0 Å². The van der Waals surface area contributed by atoms with Gasteiger partial charge in [-0.25, -0.2) is 4.79 Å². The smallest absolute Gasteiger partial charge is 0.327 e. The lowest BCUT2D eigenvalue weighted by molar-refractivity contribution is -0.161. The van der Waals surface area contributed by atoms with Gasteiger partial charge in [-0.2, -0.15) is 10.2 Å². The molecule has 8 nitrogen and oxygen atoms in total. The van der Waals surface area contributed by atoms with E-state index in [2.05, 4.69) is 15.5 Å². The standard InChI is InChI=1S/C17H20N4O4S/c1-17(2)12(16(24)25)21-14(23)11(15(21)26-17)19-13(22)10(20-18-3)9-7-5-4-6-8-9/h4-8,10-12,15H,1-3H3,(H,19,22)(H,24,25)/t10?,11-,12+,15-/m1/s1. The molecule has 2 aliphatic rings. The highest BCUT2D eigenvalue weighted by molar-refractivity contribution is 8.01. The Morgan fingerprint density at radius 2 is 1.96 bits per heavy atom. The van der Waals surface area contributed by atoms with Crippen LogP contribution in [0.3, 0.4) is 0 Å². The molecule has 2 N–H and O–H groups in total. The summed E-state index contributed by atoms with van der Waals surface area (Å²) < 4.78 is -0.631. The summed E-state index contributed by atoms with van der Waals surface area (Å²) in [6, 6.07) is 6.44. The lowest BCUT2D eigenvalue weighted by Gasteiger charge is -2.43. The van der Waals surface area contributed by atoms with Gasteiger partial charge in [-0.05, 0) is 19.4 Å². The fourth-order valence-electron chi connectivity index (χ4n) is 3.40. The molecule has 2 fully saturated rings. The maximum atomic E-state index is 12.7. The molecule has 26 heavy (non-hydrogen) atoms. The molecular weight excluding hydrogens is 356 g/mol.